The maximum absolute atomic E-state index is 12.3. The molecule has 1 aliphatic rings. The lowest BCUT2D eigenvalue weighted by Gasteiger charge is -2.32. The molecule has 0 aromatic heterocycles. The lowest BCUT2D eigenvalue weighted by Crippen LogP contribution is -2.43. The number of hydrogen-bond acceptors (Lipinski definition) is 7. The topological polar surface area (TPSA) is 110 Å². The lowest BCUT2D eigenvalue weighted by molar-refractivity contribution is -0.153. The molecular weight excluding hydrogens is 436 g/mol. The molecule has 0 bridgehead atoms. The molecule has 3 rings (SSSR count). The summed E-state index contributed by atoms with van der Waals surface area (Å²) in [5.74, 6) is -1.21. The number of piperidine rings is 1. The number of ether oxygens (including phenoxy) is 2. The van der Waals surface area contributed by atoms with E-state index in [9.17, 15) is 14.4 Å². The van der Waals surface area contributed by atoms with Crippen molar-refractivity contribution >= 4 is 35.0 Å². The Morgan fingerprint density at radius 3 is 2.12 bits per heavy atom. The van der Waals surface area contributed by atoms with Crippen LogP contribution in [0.25, 0.3) is 0 Å². The summed E-state index contributed by atoms with van der Waals surface area (Å²) in [6.45, 7) is 5.88. The molecule has 0 spiro atoms. The van der Waals surface area contributed by atoms with Crippen molar-refractivity contribution in [1.29, 1.82) is 0 Å². The van der Waals surface area contributed by atoms with Crippen molar-refractivity contribution in [2.24, 2.45) is 16.1 Å². The zero-order valence-electron chi connectivity index (χ0n) is 19.7. The standard InChI is InChI=1S/C25H30N4O5/c1-25(2,3)34-24(32)29-15-13-18(14-16-29)23(31)33-17-22(30)26-19-9-11-21(12-10-19)28-27-20-7-5-4-6-8-20/h4-12,18H,13-17H2,1-3H3,(H,26,30). The molecule has 9 nitrogen and oxygen atoms in total. The molecule has 1 saturated heterocycles. The van der Waals surface area contributed by atoms with Gasteiger partial charge in [-0.05, 0) is 70.0 Å². The molecule has 2 aromatic rings. The fraction of sp³-hybridized carbons (Fsp3) is 0.400. The van der Waals surface area contributed by atoms with Crippen LogP contribution in [0.15, 0.2) is 64.8 Å². The Bertz CT molecular complexity index is 1010. The summed E-state index contributed by atoms with van der Waals surface area (Å²) in [5.41, 5.74) is 1.39. The number of rotatable bonds is 6. The van der Waals surface area contributed by atoms with Crippen molar-refractivity contribution in [2.75, 3.05) is 25.0 Å². The number of amides is 2. The maximum atomic E-state index is 12.3. The molecule has 0 unspecified atom stereocenters. The lowest BCUT2D eigenvalue weighted by atomic mass is 9.97. The van der Waals surface area contributed by atoms with Crippen LogP contribution in [0.5, 0.6) is 0 Å². The van der Waals surface area contributed by atoms with Crippen molar-refractivity contribution in [1.82, 2.24) is 4.90 Å². The van der Waals surface area contributed by atoms with Crippen LogP contribution < -0.4 is 5.32 Å². The monoisotopic (exact) mass is 466 g/mol. The van der Waals surface area contributed by atoms with E-state index in [1.165, 1.54) is 0 Å². The number of carbonyl (C=O) groups excluding carboxylic acids is 3. The highest BCUT2D eigenvalue weighted by Crippen LogP contribution is 2.22. The largest absolute Gasteiger partial charge is 0.455 e. The number of carbonyl (C=O) groups is 3. The zero-order valence-corrected chi connectivity index (χ0v) is 19.7. The summed E-state index contributed by atoms with van der Waals surface area (Å²) in [5, 5.41) is 11.0. The SMILES string of the molecule is CC(C)(C)OC(=O)N1CCC(C(=O)OCC(=O)Nc2ccc(N=Nc3ccccc3)cc2)CC1. The van der Waals surface area contributed by atoms with E-state index in [0.717, 1.165) is 5.69 Å². The van der Waals surface area contributed by atoms with Crippen molar-refractivity contribution < 1.29 is 23.9 Å². The minimum Gasteiger partial charge on any atom is -0.455 e. The molecule has 0 saturated carbocycles. The van der Waals surface area contributed by atoms with E-state index >= 15 is 0 Å². The molecule has 1 fully saturated rings. The van der Waals surface area contributed by atoms with Gasteiger partial charge in [0.25, 0.3) is 5.91 Å². The van der Waals surface area contributed by atoms with Gasteiger partial charge in [-0.1, -0.05) is 18.2 Å². The van der Waals surface area contributed by atoms with E-state index in [0.29, 0.717) is 37.3 Å². The van der Waals surface area contributed by atoms with Gasteiger partial charge >= 0.3 is 12.1 Å². The first kappa shape index (κ1) is 24.9. The molecule has 1 heterocycles. The Labute approximate surface area is 199 Å². The van der Waals surface area contributed by atoms with Gasteiger partial charge in [0.15, 0.2) is 6.61 Å². The van der Waals surface area contributed by atoms with Gasteiger partial charge in [0.2, 0.25) is 0 Å². The van der Waals surface area contributed by atoms with Crippen molar-refractivity contribution in [3.8, 4) is 0 Å². The van der Waals surface area contributed by atoms with Crippen LogP contribution in [0.1, 0.15) is 33.6 Å². The minimum absolute atomic E-state index is 0.347. The third-order valence-electron chi connectivity index (χ3n) is 5.01. The highest BCUT2D eigenvalue weighted by Gasteiger charge is 2.30. The first-order valence-electron chi connectivity index (χ1n) is 11.2. The predicted molar refractivity (Wildman–Crippen MR) is 127 cm³/mol. The molecule has 2 aromatic carbocycles. The molecule has 0 aliphatic carbocycles. The van der Waals surface area contributed by atoms with E-state index in [2.05, 4.69) is 15.5 Å². The minimum atomic E-state index is -0.563. The number of likely N-dealkylation sites (tertiary alicyclic amines) is 1. The van der Waals surface area contributed by atoms with Crippen LogP contribution in [0, 0.1) is 5.92 Å². The number of hydrogen-bond donors (Lipinski definition) is 1. The number of anilines is 1. The number of benzene rings is 2. The van der Waals surface area contributed by atoms with E-state index < -0.39 is 17.5 Å². The number of nitrogens with zero attached hydrogens (tertiary/aromatic N) is 3. The van der Waals surface area contributed by atoms with Gasteiger partial charge in [0, 0.05) is 18.8 Å². The summed E-state index contributed by atoms with van der Waals surface area (Å²) >= 11 is 0. The van der Waals surface area contributed by atoms with Crippen molar-refractivity contribution in [3.05, 3.63) is 54.6 Å². The van der Waals surface area contributed by atoms with Crippen LogP contribution in [0.2, 0.25) is 0 Å². The first-order valence-corrected chi connectivity index (χ1v) is 11.2. The molecule has 9 heteroatoms. The maximum Gasteiger partial charge on any atom is 0.410 e. The van der Waals surface area contributed by atoms with Gasteiger partial charge in [0.1, 0.15) is 5.60 Å². The van der Waals surface area contributed by atoms with Gasteiger partial charge in [-0.3, -0.25) is 9.59 Å². The molecule has 2 amide bonds. The highest BCUT2D eigenvalue weighted by atomic mass is 16.6. The number of nitrogens with one attached hydrogen (secondary N) is 1. The number of azo groups is 1. The third-order valence-corrected chi connectivity index (χ3v) is 5.01. The molecule has 1 aliphatic heterocycles. The molecule has 0 atom stereocenters. The molecule has 0 radical (unpaired) electrons. The fourth-order valence-electron chi connectivity index (χ4n) is 3.30. The van der Waals surface area contributed by atoms with Gasteiger partial charge in [0.05, 0.1) is 17.3 Å². The molecular formula is C25H30N4O5. The Balaban J connectivity index is 1.39. The molecule has 34 heavy (non-hydrogen) atoms. The van der Waals surface area contributed by atoms with E-state index in [1.54, 1.807) is 29.2 Å². The smallest absolute Gasteiger partial charge is 0.410 e. The van der Waals surface area contributed by atoms with Crippen LogP contribution in [0.3, 0.4) is 0 Å². The van der Waals surface area contributed by atoms with Crippen LogP contribution in [0.4, 0.5) is 21.9 Å². The third kappa shape index (κ3) is 7.99. The summed E-state index contributed by atoms with van der Waals surface area (Å²) in [4.78, 5) is 38.2. The van der Waals surface area contributed by atoms with Gasteiger partial charge in [-0.15, -0.1) is 0 Å². The van der Waals surface area contributed by atoms with Crippen LogP contribution in [-0.2, 0) is 19.1 Å². The fourth-order valence-corrected chi connectivity index (χ4v) is 3.30. The summed E-state index contributed by atoms with van der Waals surface area (Å²) in [6.07, 6.45) is 0.559. The quantitative estimate of drug-likeness (QED) is 0.463. The van der Waals surface area contributed by atoms with Crippen molar-refractivity contribution in [3.63, 3.8) is 0 Å². The second-order valence-corrected chi connectivity index (χ2v) is 8.98. The van der Waals surface area contributed by atoms with Crippen molar-refractivity contribution in [2.45, 2.75) is 39.2 Å². The van der Waals surface area contributed by atoms with Gasteiger partial charge < -0.3 is 19.7 Å². The summed E-state index contributed by atoms with van der Waals surface area (Å²) < 4.78 is 10.5. The van der Waals surface area contributed by atoms with E-state index in [1.807, 2.05) is 51.1 Å². The second kappa shape index (κ2) is 11.4. The Morgan fingerprint density at radius 2 is 1.53 bits per heavy atom. The average Bonchev–Trinajstić information content (AvgIpc) is 2.82. The van der Waals surface area contributed by atoms with E-state index in [4.69, 9.17) is 9.47 Å². The van der Waals surface area contributed by atoms with Gasteiger partial charge in [-0.2, -0.15) is 10.2 Å². The second-order valence-electron chi connectivity index (χ2n) is 8.98. The molecule has 180 valence electrons. The zero-order chi connectivity index (χ0) is 24.6. The van der Waals surface area contributed by atoms with Crippen LogP contribution in [-0.4, -0.2) is 48.2 Å². The molecule has 1 N–H and O–H groups in total. The normalized spacial score (nSPS) is 14.6. The van der Waals surface area contributed by atoms with Crippen LogP contribution >= 0.6 is 0 Å². The predicted octanol–water partition coefficient (Wildman–Crippen LogP) is 5.23. The first-order chi connectivity index (χ1) is 16.2. The summed E-state index contributed by atoms with van der Waals surface area (Å²) in [6, 6.07) is 16.2. The summed E-state index contributed by atoms with van der Waals surface area (Å²) in [7, 11) is 0. The van der Waals surface area contributed by atoms with Gasteiger partial charge in [-0.25, -0.2) is 4.79 Å². The Kier molecular flexibility index (Phi) is 8.34. The number of esters is 1. The Morgan fingerprint density at radius 1 is 0.941 bits per heavy atom. The highest BCUT2D eigenvalue weighted by molar-refractivity contribution is 5.93. The Hall–Kier alpha value is -3.75. The van der Waals surface area contributed by atoms with E-state index in [-0.39, 0.29) is 18.6 Å². The average molecular weight is 467 g/mol.